The predicted molar refractivity (Wildman–Crippen MR) is 101 cm³/mol. The van der Waals surface area contributed by atoms with E-state index in [1.807, 2.05) is 18.2 Å². The molecule has 2 N–H and O–H groups in total. The number of aryl methyl sites for hydroxylation is 1. The highest BCUT2D eigenvalue weighted by Gasteiger charge is 2.09. The van der Waals surface area contributed by atoms with Crippen molar-refractivity contribution in [3.05, 3.63) is 62.5 Å². The van der Waals surface area contributed by atoms with Crippen molar-refractivity contribution in [1.82, 2.24) is 5.32 Å². The van der Waals surface area contributed by atoms with Gasteiger partial charge in [-0.3, -0.25) is 9.59 Å². The zero-order valence-corrected chi connectivity index (χ0v) is 15.7. The molecule has 126 valence electrons. The molecule has 7 heteroatoms. The molecule has 0 unspecified atom stereocenters. The lowest BCUT2D eigenvalue weighted by molar-refractivity contribution is -0.124. The van der Waals surface area contributed by atoms with Crippen molar-refractivity contribution in [2.45, 2.75) is 12.8 Å². The Bertz CT molecular complexity index is 736. The summed E-state index contributed by atoms with van der Waals surface area (Å²) in [5.74, 6) is -0.511. The molecule has 0 atom stereocenters. The van der Waals surface area contributed by atoms with Crippen molar-refractivity contribution in [1.29, 1.82) is 0 Å². The van der Waals surface area contributed by atoms with Gasteiger partial charge in [-0.2, -0.15) is 0 Å². The molecule has 0 aliphatic heterocycles. The number of hydrogen-bond donors (Lipinski definition) is 2. The molecular formula is C17H15BrCl2N2O2. The Morgan fingerprint density at radius 2 is 1.71 bits per heavy atom. The molecule has 0 saturated carbocycles. The molecule has 2 amide bonds. The largest absolute Gasteiger partial charge is 0.347 e. The highest BCUT2D eigenvalue weighted by atomic mass is 79.9. The van der Waals surface area contributed by atoms with Gasteiger partial charge in [0, 0.05) is 16.6 Å². The van der Waals surface area contributed by atoms with Crippen LogP contribution in [-0.2, 0) is 16.0 Å². The highest BCUT2D eigenvalue weighted by molar-refractivity contribution is 9.10. The second kappa shape index (κ2) is 9.06. The van der Waals surface area contributed by atoms with Gasteiger partial charge in [-0.05, 0) is 42.3 Å². The van der Waals surface area contributed by atoms with E-state index in [4.69, 9.17) is 23.2 Å². The maximum atomic E-state index is 11.8. The van der Waals surface area contributed by atoms with Crippen LogP contribution in [0.3, 0.4) is 0 Å². The van der Waals surface area contributed by atoms with E-state index in [9.17, 15) is 9.59 Å². The summed E-state index contributed by atoms with van der Waals surface area (Å²) < 4.78 is 0.925. The van der Waals surface area contributed by atoms with Gasteiger partial charge in [-0.15, -0.1) is 0 Å². The molecule has 0 heterocycles. The van der Waals surface area contributed by atoms with E-state index in [2.05, 4.69) is 26.6 Å². The third kappa shape index (κ3) is 5.82. The monoisotopic (exact) mass is 428 g/mol. The van der Waals surface area contributed by atoms with Crippen LogP contribution in [0.5, 0.6) is 0 Å². The maximum Gasteiger partial charge on any atom is 0.243 e. The Morgan fingerprint density at radius 1 is 1.00 bits per heavy atom. The first-order valence-corrected chi connectivity index (χ1v) is 8.75. The quantitative estimate of drug-likeness (QED) is 0.712. The number of nitrogens with one attached hydrogen (secondary N) is 2. The van der Waals surface area contributed by atoms with E-state index < -0.39 is 0 Å². The molecule has 0 aromatic heterocycles. The number of halogens is 3. The number of rotatable bonds is 6. The minimum absolute atomic E-state index is 0.0851. The first-order valence-electron chi connectivity index (χ1n) is 7.20. The Labute approximate surface area is 158 Å². The highest BCUT2D eigenvalue weighted by Crippen LogP contribution is 2.26. The van der Waals surface area contributed by atoms with Gasteiger partial charge in [0.15, 0.2) is 0 Å². The summed E-state index contributed by atoms with van der Waals surface area (Å²) in [6, 6.07) is 12.5. The third-order valence-corrected chi connectivity index (χ3v) is 4.61. The lowest BCUT2D eigenvalue weighted by atomic mass is 10.1. The van der Waals surface area contributed by atoms with Crippen molar-refractivity contribution in [2.24, 2.45) is 0 Å². The Hall–Kier alpha value is -1.56. The fourth-order valence-corrected chi connectivity index (χ4v) is 2.67. The van der Waals surface area contributed by atoms with Gasteiger partial charge in [0.1, 0.15) is 0 Å². The van der Waals surface area contributed by atoms with Crippen LogP contribution >= 0.6 is 39.1 Å². The zero-order valence-electron chi connectivity index (χ0n) is 12.6. The second-order valence-corrected chi connectivity index (χ2v) is 6.75. The first kappa shape index (κ1) is 18.8. The van der Waals surface area contributed by atoms with Crippen LogP contribution in [0.1, 0.15) is 12.0 Å². The minimum atomic E-state index is -0.286. The van der Waals surface area contributed by atoms with Crippen LogP contribution in [0.25, 0.3) is 0 Å². The predicted octanol–water partition coefficient (Wildman–Crippen LogP) is 4.44. The Kier molecular flexibility index (Phi) is 7.09. The van der Waals surface area contributed by atoms with Gasteiger partial charge in [-0.1, -0.05) is 51.3 Å². The van der Waals surface area contributed by atoms with E-state index in [-0.39, 0.29) is 24.8 Å². The van der Waals surface area contributed by atoms with Crippen LogP contribution in [0.4, 0.5) is 5.69 Å². The number of anilines is 1. The number of benzene rings is 2. The summed E-state index contributed by atoms with van der Waals surface area (Å²) in [6.45, 7) is -0.0851. The molecule has 0 aliphatic carbocycles. The van der Waals surface area contributed by atoms with Crippen LogP contribution < -0.4 is 10.6 Å². The van der Waals surface area contributed by atoms with E-state index in [0.29, 0.717) is 22.2 Å². The Balaban J connectivity index is 1.75. The number of carbonyl (C=O) groups excluding carboxylic acids is 2. The van der Waals surface area contributed by atoms with Crippen molar-refractivity contribution in [2.75, 3.05) is 11.9 Å². The van der Waals surface area contributed by atoms with Gasteiger partial charge in [-0.25, -0.2) is 0 Å². The standard InChI is InChI=1S/C17H15BrCl2N2O2/c18-12-5-7-13(8-6-12)22-16(24)10-21-15(23)9-4-11-2-1-3-14(19)17(11)20/h1-3,5-8H,4,9-10H2,(H,21,23)(H,22,24). The average molecular weight is 430 g/mol. The first-order chi connectivity index (χ1) is 11.5. The smallest absolute Gasteiger partial charge is 0.243 e. The lowest BCUT2D eigenvalue weighted by Gasteiger charge is -2.08. The summed E-state index contributed by atoms with van der Waals surface area (Å²) in [6.07, 6.45) is 0.686. The summed E-state index contributed by atoms with van der Waals surface area (Å²) in [4.78, 5) is 23.6. The molecule has 0 radical (unpaired) electrons. The number of amides is 2. The summed E-state index contributed by atoms with van der Waals surface area (Å²) >= 11 is 15.3. The van der Waals surface area contributed by atoms with E-state index in [0.717, 1.165) is 10.0 Å². The van der Waals surface area contributed by atoms with Crippen LogP contribution in [-0.4, -0.2) is 18.4 Å². The molecule has 2 aromatic carbocycles. The molecule has 24 heavy (non-hydrogen) atoms. The molecular weight excluding hydrogens is 415 g/mol. The lowest BCUT2D eigenvalue weighted by Crippen LogP contribution is -2.32. The van der Waals surface area contributed by atoms with Gasteiger partial charge in [0.2, 0.25) is 11.8 Å². The molecule has 2 aromatic rings. The van der Waals surface area contributed by atoms with Crippen molar-refractivity contribution >= 4 is 56.6 Å². The van der Waals surface area contributed by atoms with Gasteiger partial charge in [0.05, 0.1) is 16.6 Å². The maximum absolute atomic E-state index is 11.8. The van der Waals surface area contributed by atoms with Crippen molar-refractivity contribution in [3.63, 3.8) is 0 Å². The summed E-state index contributed by atoms with van der Waals surface area (Å²) in [5, 5.41) is 6.20. The molecule has 0 aliphatic rings. The molecule has 0 fully saturated rings. The molecule has 0 spiro atoms. The van der Waals surface area contributed by atoms with E-state index in [1.54, 1.807) is 24.3 Å². The topological polar surface area (TPSA) is 58.2 Å². The van der Waals surface area contributed by atoms with Crippen LogP contribution in [0.2, 0.25) is 10.0 Å². The minimum Gasteiger partial charge on any atom is -0.347 e. The van der Waals surface area contributed by atoms with Gasteiger partial charge < -0.3 is 10.6 Å². The normalized spacial score (nSPS) is 10.3. The number of carbonyl (C=O) groups is 2. The zero-order chi connectivity index (χ0) is 17.5. The SMILES string of the molecule is O=C(CCc1cccc(Cl)c1Cl)NCC(=O)Nc1ccc(Br)cc1. The summed E-state index contributed by atoms with van der Waals surface area (Å²) in [5.41, 5.74) is 1.47. The Morgan fingerprint density at radius 3 is 2.42 bits per heavy atom. The van der Waals surface area contributed by atoms with Crippen LogP contribution in [0.15, 0.2) is 46.9 Å². The molecule has 2 rings (SSSR count). The van der Waals surface area contributed by atoms with Crippen molar-refractivity contribution < 1.29 is 9.59 Å². The van der Waals surface area contributed by atoms with Crippen LogP contribution in [0, 0.1) is 0 Å². The van der Waals surface area contributed by atoms with E-state index >= 15 is 0 Å². The summed E-state index contributed by atoms with van der Waals surface area (Å²) in [7, 11) is 0. The average Bonchev–Trinajstić information content (AvgIpc) is 2.56. The fraction of sp³-hybridized carbons (Fsp3) is 0.176. The number of hydrogen-bond acceptors (Lipinski definition) is 2. The third-order valence-electron chi connectivity index (χ3n) is 3.23. The van der Waals surface area contributed by atoms with E-state index in [1.165, 1.54) is 0 Å². The van der Waals surface area contributed by atoms with Gasteiger partial charge >= 0.3 is 0 Å². The second-order valence-electron chi connectivity index (χ2n) is 5.04. The molecule has 4 nitrogen and oxygen atoms in total. The van der Waals surface area contributed by atoms with Gasteiger partial charge in [0.25, 0.3) is 0 Å². The fourth-order valence-electron chi connectivity index (χ4n) is 2.00. The van der Waals surface area contributed by atoms with Crippen molar-refractivity contribution in [3.8, 4) is 0 Å². The molecule has 0 saturated heterocycles. The molecule has 0 bridgehead atoms.